The SMILES string of the molecule is C=C(CCCC(CC)C1CC1c1ccccc1)CC(N)C(C)C. The van der Waals surface area contributed by atoms with Crippen LogP contribution in [-0.2, 0) is 0 Å². The largest absolute Gasteiger partial charge is 0.327 e. The highest BCUT2D eigenvalue weighted by atomic mass is 14.6. The summed E-state index contributed by atoms with van der Waals surface area (Å²) in [5.41, 5.74) is 9.04. The predicted molar refractivity (Wildman–Crippen MR) is 101 cm³/mol. The molecule has 0 spiro atoms. The van der Waals surface area contributed by atoms with E-state index < -0.39 is 0 Å². The molecule has 1 aliphatic carbocycles. The van der Waals surface area contributed by atoms with Crippen LogP contribution in [0, 0.1) is 17.8 Å². The molecular weight excluding hydrogens is 278 g/mol. The van der Waals surface area contributed by atoms with Gasteiger partial charge in [0.05, 0.1) is 0 Å². The lowest BCUT2D eigenvalue weighted by Gasteiger charge is -2.18. The molecule has 0 radical (unpaired) electrons. The van der Waals surface area contributed by atoms with Crippen molar-refractivity contribution in [3.63, 3.8) is 0 Å². The number of rotatable bonds is 10. The Morgan fingerprint density at radius 1 is 1.26 bits per heavy atom. The Bertz CT molecular complexity index is 476. The molecule has 4 unspecified atom stereocenters. The van der Waals surface area contributed by atoms with E-state index in [0.29, 0.717) is 5.92 Å². The first kappa shape index (κ1) is 18.3. The minimum atomic E-state index is 0.273. The molecule has 1 aliphatic rings. The van der Waals surface area contributed by atoms with Gasteiger partial charge < -0.3 is 5.73 Å². The summed E-state index contributed by atoms with van der Waals surface area (Å²) in [6.07, 6.45) is 7.47. The number of benzene rings is 1. The van der Waals surface area contributed by atoms with Gasteiger partial charge in [0.15, 0.2) is 0 Å². The molecule has 2 rings (SSSR count). The maximum absolute atomic E-state index is 6.16. The fraction of sp³-hybridized carbons (Fsp3) is 0.636. The van der Waals surface area contributed by atoms with Crippen molar-refractivity contribution < 1.29 is 0 Å². The van der Waals surface area contributed by atoms with Gasteiger partial charge in [-0.25, -0.2) is 0 Å². The molecule has 2 N–H and O–H groups in total. The van der Waals surface area contributed by atoms with E-state index in [2.05, 4.69) is 57.7 Å². The smallest absolute Gasteiger partial charge is 0.00991 e. The molecular formula is C22H35N. The summed E-state index contributed by atoms with van der Waals surface area (Å²) >= 11 is 0. The second-order valence-corrected chi connectivity index (χ2v) is 7.84. The third-order valence-corrected chi connectivity index (χ3v) is 5.68. The third-order valence-electron chi connectivity index (χ3n) is 5.68. The van der Waals surface area contributed by atoms with E-state index in [4.69, 9.17) is 5.73 Å². The predicted octanol–water partition coefficient (Wildman–Crippen LogP) is 5.92. The maximum atomic E-state index is 6.16. The molecule has 1 fully saturated rings. The van der Waals surface area contributed by atoms with Crippen molar-refractivity contribution in [2.24, 2.45) is 23.5 Å². The molecule has 128 valence electrons. The van der Waals surface area contributed by atoms with Crippen LogP contribution in [0.1, 0.15) is 70.8 Å². The standard InChI is InChI=1S/C22H35N/c1-5-18(13-9-10-17(4)14-22(23)16(2)3)20-15-21(20)19-11-7-6-8-12-19/h6-8,11-12,16,18,20-22H,4-5,9-10,13-15,23H2,1-3H3. The average molecular weight is 314 g/mol. The Morgan fingerprint density at radius 2 is 1.96 bits per heavy atom. The Hall–Kier alpha value is -1.08. The number of hydrogen-bond donors (Lipinski definition) is 1. The summed E-state index contributed by atoms with van der Waals surface area (Å²) in [4.78, 5) is 0. The van der Waals surface area contributed by atoms with Gasteiger partial charge in [-0.15, -0.1) is 0 Å². The van der Waals surface area contributed by atoms with Gasteiger partial charge in [-0.2, -0.15) is 0 Å². The fourth-order valence-corrected chi connectivity index (χ4v) is 3.83. The van der Waals surface area contributed by atoms with Crippen LogP contribution in [0.25, 0.3) is 0 Å². The molecule has 1 aromatic carbocycles. The number of hydrogen-bond acceptors (Lipinski definition) is 1. The van der Waals surface area contributed by atoms with Crippen molar-refractivity contribution in [3.8, 4) is 0 Å². The van der Waals surface area contributed by atoms with Crippen LogP contribution in [0.15, 0.2) is 42.5 Å². The molecule has 1 saturated carbocycles. The lowest BCUT2D eigenvalue weighted by atomic mass is 9.89. The molecule has 1 heteroatoms. The highest BCUT2D eigenvalue weighted by Gasteiger charge is 2.42. The van der Waals surface area contributed by atoms with Gasteiger partial charge in [0.1, 0.15) is 0 Å². The zero-order valence-electron chi connectivity index (χ0n) is 15.3. The van der Waals surface area contributed by atoms with E-state index in [0.717, 1.165) is 30.6 Å². The first-order valence-corrected chi connectivity index (χ1v) is 9.50. The van der Waals surface area contributed by atoms with Crippen molar-refractivity contribution in [1.82, 2.24) is 0 Å². The first-order valence-electron chi connectivity index (χ1n) is 9.50. The topological polar surface area (TPSA) is 26.0 Å². The fourth-order valence-electron chi connectivity index (χ4n) is 3.83. The molecule has 0 amide bonds. The molecule has 4 atom stereocenters. The Labute approximate surface area is 143 Å². The monoisotopic (exact) mass is 313 g/mol. The first-order chi connectivity index (χ1) is 11.0. The zero-order valence-corrected chi connectivity index (χ0v) is 15.3. The molecule has 0 heterocycles. The Morgan fingerprint density at radius 3 is 2.57 bits per heavy atom. The normalized spacial score (nSPS) is 22.8. The lowest BCUT2D eigenvalue weighted by molar-refractivity contribution is 0.393. The Kier molecular flexibility index (Phi) is 6.89. The van der Waals surface area contributed by atoms with Gasteiger partial charge in [0.2, 0.25) is 0 Å². The van der Waals surface area contributed by atoms with Crippen LogP contribution in [0.3, 0.4) is 0 Å². The van der Waals surface area contributed by atoms with Gasteiger partial charge in [0.25, 0.3) is 0 Å². The number of nitrogens with two attached hydrogens (primary N) is 1. The van der Waals surface area contributed by atoms with Crippen LogP contribution in [0.5, 0.6) is 0 Å². The minimum absolute atomic E-state index is 0.273. The molecule has 0 saturated heterocycles. The minimum Gasteiger partial charge on any atom is -0.327 e. The van der Waals surface area contributed by atoms with E-state index in [1.165, 1.54) is 31.3 Å². The van der Waals surface area contributed by atoms with Gasteiger partial charge in [-0.1, -0.05) is 69.7 Å². The average Bonchev–Trinajstić information content (AvgIpc) is 3.32. The quantitative estimate of drug-likeness (QED) is 0.533. The second kappa shape index (κ2) is 8.68. The van der Waals surface area contributed by atoms with E-state index in [9.17, 15) is 0 Å². The van der Waals surface area contributed by atoms with Gasteiger partial charge in [-0.05, 0) is 61.3 Å². The Balaban J connectivity index is 1.71. The van der Waals surface area contributed by atoms with Crippen LogP contribution < -0.4 is 5.73 Å². The lowest BCUT2D eigenvalue weighted by Crippen LogP contribution is -2.26. The molecule has 1 nitrogen and oxygen atoms in total. The van der Waals surface area contributed by atoms with E-state index in [1.807, 2.05) is 0 Å². The van der Waals surface area contributed by atoms with E-state index >= 15 is 0 Å². The highest BCUT2D eigenvalue weighted by Crippen LogP contribution is 2.53. The summed E-state index contributed by atoms with van der Waals surface area (Å²) in [6, 6.07) is 11.3. The molecule has 0 aliphatic heterocycles. The van der Waals surface area contributed by atoms with Crippen molar-refractivity contribution in [1.29, 1.82) is 0 Å². The summed E-state index contributed by atoms with van der Waals surface area (Å²) in [6.45, 7) is 11.0. The summed E-state index contributed by atoms with van der Waals surface area (Å²) < 4.78 is 0. The van der Waals surface area contributed by atoms with Crippen molar-refractivity contribution >= 4 is 0 Å². The van der Waals surface area contributed by atoms with Crippen molar-refractivity contribution in [2.75, 3.05) is 0 Å². The third kappa shape index (κ3) is 5.49. The van der Waals surface area contributed by atoms with Crippen LogP contribution in [0.4, 0.5) is 0 Å². The van der Waals surface area contributed by atoms with Gasteiger partial charge in [-0.3, -0.25) is 0 Å². The maximum Gasteiger partial charge on any atom is 0.00991 e. The summed E-state index contributed by atoms with van der Waals surface area (Å²) in [5.74, 6) is 3.16. The van der Waals surface area contributed by atoms with Gasteiger partial charge >= 0.3 is 0 Å². The van der Waals surface area contributed by atoms with E-state index in [-0.39, 0.29) is 6.04 Å². The van der Waals surface area contributed by atoms with Crippen LogP contribution in [-0.4, -0.2) is 6.04 Å². The molecule has 0 aromatic heterocycles. The molecule has 23 heavy (non-hydrogen) atoms. The van der Waals surface area contributed by atoms with Crippen molar-refractivity contribution in [2.45, 2.75) is 71.3 Å². The summed E-state index contributed by atoms with van der Waals surface area (Å²) in [7, 11) is 0. The summed E-state index contributed by atoms with van der Waals surface area (Å²) in [5, 5.41) is 0. The van der Waals surface area contributed by atoms with Crippen molar-refractivity contribution in [3.05, 3.63) is 48.0 Å². The second-order valence-electron chi connectivity index (χ2n) is 7.84. The zero-order chi connectivity index (χ0) is 16.8. The molecule has 0 bridgehead atoms. The van der Waals surface area contributed by atoms with Crippen LogP contribution >= 0.6 is 0 Å². The van der Waals surface area contributed by atoms with E-state index in [1.54, 1.807) is 5.56 Å². The van der Waals surface area contributed by atoms with Gasteiger partial charge in [0, 0.05) is 6.04 Å². The van der Waals surface area contributed by atoms with Crippen LogP contribution in [0.2, 0.25) is 0 Å². The highest BCUT2D eigenvalue weighted by molar-refractivity contribution is 5.26. The molecule has 1 aromatic rings.